The number of aliphatic hydroxyl groups is 1. The van der Waals surface area contributed by atoms with Crippen molar-refractivity contribution in [3.8, 4) is 5.75 Å². The summed E-state index contributed by atoms with van der Waals surface area (Å²) in [7, 11) is 1.67. The summed E-state index contributed by atoms with van der Waals surface area (Å²) in [5.74, 6) is 1.43. The van der Waals surface area contributed by atoms with E-state index in [-0.39, 0.29) is 24.2 Å². The molecule has 0 aliphatic heterocycles. The highest BCUT2D eigenvalue weighted by Crippen LogP contribution is 2.34. The van der Waals surface area contributed by atoms with Crippen LogP contribution in [0.4, 0.5) is 4.79 Å². The number of methoxy groups -OCH3 is 1. The number of nitrogens with one attached hydrogen (secondary N) is 2. The average Bonchev–Trinajstić information content (AvgIpc) is 3.41. The van der Waals surface area contributed by atoms with Crippen LogP contribution in [-0.2, 0) is 6.42 Å². The molecule has 1 aromatic carbocycles. The number of benzene rings is 1. The van der Waals surface area contributed by atoms with E-state index in [0.717, 1.165) is 37.9 Å². The van der Waals surface area contributed by atoms with Gasteiger partial charge in [0.15, 0.2) is 0 Å². The standard InChI is InChI=1S/C19H28N2O3/c1-24-17-4-2-3-13(11-17)12-18(14-5-6-14)21-19(23)20-15-7-9-16(22)10-8-15/h2-4,11,14-16,18,22H,5-10,12H2,1H3,(H2,20,21,23). The van der Waals surface area contributed by atoms with Crippen LogP contribution in [0.2, 0.25) is 0 Å². The van der Waals surface area contributed by atoms with Crippen molar-refractivity contribution in [1.82, 2.24) is 10.6 Å². The zero-order valence-corrected chi connectivity index (χ0v) is 14.3. The first kappa shape index (κ1) is 17.1. The van der Waals surface area contributed by atoms with Gasteiger partial charge in [0.05, 0.1) is 13.2 Å². The van der Waals surface area contributed by atoms with Crippen LogP contribution < -0.4 is 15.4 Å². The van der Waals surface area contributed by atoms with Gasteiger partial charge in [0.25, 0.3) is 0 Å². The average molecular weight is 332 g/mol. The van der Waals surface area contributed by atoms with Gasteiger partial charge < -0.3 is 20.5 Å². The third-order valence-electron chi connectivity index (χ3n) is 5.13. The summed E-state index contributed by atoms with van der Waals surface area (Å²) in [6, 6.07) is 8.34. The van der Waals surface area contributed by atoms with Crippen LogP contribution in [0.25, 0.3) is 0 Å². The molecular formula is C19H28N2O3. The molecule has 132 valence electrons. The summed E-state index contributed by atoms with van der Waals surface area (Å²) in [6.07, 6.45) is 6.28. The Morgan fingerprint density at radius 1 is 1.25 bits per heavy atom. The molecule has 2 amide bonds. The Labute approximate surface area is 143 Å². The van der Waals surface area contributed by atoms with E-state index in [4.69, 9.17) is 4.74 Å². The molecule has 2 aliphatic rings. The van der Waals surface area contributed by atoms with Crippen molar-refractivity contribution in [2.24, 2.45) is 5.92 Å². The number of amides is 2. The second-order valence-corrected chi connectivity index (χ2v) is 7.12. The van der Waals surface area contributed by atoms with Crippen molar-refractivity contribution < 1.29 is 14.6 Å². The number of hydrogen-bond acceptors (Lipinski definition) is 3. The zero-order valence-electron chi connectivity index (χ0n) is 14.3. The molecule has 3 N–H and O–H groups in total. The fraction of sp³-hybridized carbons (Fsp3) is 0.632. The lowest BCUT2D eigenvalue weighted by Gasteiger charge is -2.27. The van der Waals surface area contributed by atoms with E-state index in [1.165, 1.54) is 18.4 Å². The molecule has 0 heterocycles. The molecule has 2 fully saturated rings. The van der Waals surface area contributed by atoms with Gasteiger partial charge in [-0.1, -0.05) is 12.1 Å². The van der Waals surface area contributed by atoms with Gasteiger partial charge in [-0.2, -0.15) is 0 Å². The van der Waals surface area contributed by atoms with Crippen molar-refractivity contribution in [1.29, 1.82) is 0 Å². The minimum atomic E-state index is -0.196. The van der Waals surface area contributed by atoms with E-state index >= 15 is 0 Å². The monoisotopic (exact) mass is 332 g/mol. The predicted molar refractivity (Wildman–Crippen MR) is 93.1 cm³/mol. The van der Waals surface area contributed by atoms with Crippen molar-refractivity contribution in [3.63, 3.8) is 0 Å². The Kier molecular flexibility index (Phi) is 5.61. The maximum Gasteiger partial charge on any atom is 0.315 e. The van der Waals surface area contributed by atoms with Gasteiger partial charge in [-0.05, 0) is 68.6 Å². The molecule has 24 heavy (non-hydrogen) atoms. The predicted octanol–water partition coefficient (Wildman–Crippen LogP) is 2.62. The van der Waals surface area contributed by atoms with Crippen LogP contribution in [0.5, 0.6) is 5.75 Å². The summed E-state index contributed by atoms with van der Waals surface area (Å²) >= 11 is 0. The van der Waals surface area contributed by atoms with Crippen LogP contribution in [-0.4, -0.2) is 36.4 Å². The number of carbonyl (C=O) groups is 1. The molecule has 3 rings (SSSR count). The molecule has 2 aliphatic carbocycles. The Morgan fingerprint density at radius 3 is 2.67 bits per heavy atom. The highest BCUT2D eigenvalue weighted by Gasteiger charge is 2.33. The summed E-state index contributed by atoms with van der Waals surface area (Å²) < 4.78 is 5.28. The summed E-state index contributed by atoms with van der Waals surface area (Å²) in [5, 5.41) is 15.8. The highest BCUT2D eigenvalue weighted by atomic mass is 16.5. The van der Waals surface area contributed by atoms with Gasteiger partial charge in [0.2, 0.25) is 0 Å². The van der Waals surface area contributed by atoms with Gasteiger partial charge in [-0.3, -0.25) is 0 Å². The van der Waals surface area contributed by atoms with Crippen LogP contribution in [0.15, 0.2) is 24.3 Å². The van der Waals surface area contributed by atoms with Gasteiger partial charge in [0, 0.05) is 12.1 Å². The van der Waals surface area contributed by atoms with Crippen molar-refractivity contribution in [2.75, 3.05) is 7.11 Å². The molecular weight excluding hydrogens is 304 g/mol. The zero-order chi connectivity index (χ0) is 16.9. The molecule has 1 atom stereocenters. The number of hydrogen-bond donors (Lipinski definition) is 3. The Bertz CT molecular complexity index is 551. The first-order chi connectivity index (χ1) is 11.6. The molecule has 1 aromatic rings. The van der Waals surface area contributed by atoms with E-state index in [1.807, 2.05) is 18.2 Å². The quantitative estimate of drug-likeness (QED) is 0.750. The Balaban J connectivity index is 1.53. The molecule has 0 aromatic heterocycles. The fourth-order valence-electron chi connectivity index (χ4n) is 3.50. The van der Waals surface area contributed by atoms with Crippen LogP contribution >= 0.6 is 0 Å². The first-order valence-corrected chi connectivity index (χ1v) is 9.02. The molecule has 5 nitrogen and oxygen atoms in total. The molecule has 2 saturated carbocycles. The van der Waals surface area contributed by atoms with E-state index in [0.29, 0.717) is 5.92 Å². The number of urea groups is 1. The summed E-state index contributed by atoms with van der Waals surface area (Å²) in [6.45, 7) is 0. The minimum Gasteiger partial charge on any atom is -0.497 e. The van der Waals surface area contributed by atoms with Gasteiger partial charge in [0.1, 0.15) is 5.75 Å². The molecule has 0 bridgehead atoms. The number of aliphatic hydroxyl groups excluding tert-OH is 1. The summed E-state index contributed by atoms with van der Waals surface area (Å²) in [4.78, 5) is 12.3. The maximum absolute atomic E-state index is 12.3. The van der Waals surface area contributed by atoms with Gasteiger partial charge in [-0.15, -0.1) is 0 Å². The molecule has 0 radical (unpaired) electrons. The lowest BCUT2D eigenvalue weighted by atomic mass is 9.93. The van der Waals surface area contributed by atoms with Crippen LogP contribution in [0, 0.1) is 5.92 Å². The van der Waals surface area contributed by atoms with Crippen molar-refractivity contribution >= 4 is 6.03 Å². The third kappa shape index (κ3) is 4.87. The minimum absolute atomic E-state index is 0.0730. The number of ether oxygens (including phenoxy) is 1. The third-order valence-corrected chi connectivity index (χ3v) is 5.13. The van der Waals surface area contributed by atoms with E-state index in [1.54, 1.807) is 7.11 Å². The normalized spacial score (nSPS) is 24.9. The first-order valence-electron chi connectivity index (χ1n) is 9.02. The van der Waals surface area contributed by atoms with Crippen LogP contribution in [0.1, 0.15) is 44.1 Å². The molecule has 5 heteroatoms. The lowest BCUT2D eigenvalue weighted by molar-refractivity contribution is 0.117. The van der Waals surface area contributed by atoms with E-state index < -0.39 is 0 Å². The molecule has 0 saturated heterocycles. The second-order valence-electron chi connectivity index (χ2n) is 7.12. The number of rotatable bonds is 6. The van der Waals surface area contributed by atoms with Crippen LogP contribution in [0.3, 0.4) is 0 Å². The molecule has 1 unspecified atom stereocenters. The summed E-state index contributed by atoms with van der Waals surface area (Å²) in [5.41, 5.74) is 1.19. The Morgan fingerprint density at radius 2 is 2.00 bits per heavy atom. The molecule has 0 spiro atoms. The van der Waals surface area contributed by atoms with Crippen molar-refractivity contribution in [3.05, 3.63) is 29.8 Å². The Hall–Kier alpha value is -1.75. The maximum atomic E-state index is 12.3. The smallest absolute Gasteiger partial charge is 0.315 e. The van der Waals surface area contributed by atoms with Gasteiger partial charge >= 0.3 is 6.03 Å². The topological polar surface area (TPSA) is 70.6 Å². The second kappa shape index (κ2) is 7.88. The fourth-order valence-corrected chi connectivity index (χ4v) is 3.50. The lowest BCUT2D eigenvalue weighted by Crippen LogP contribution is -2.48. The van der Waals surface area contributed by atoms with Crippen molar-refractivity contribution in [2.45, 2.75) is 63.1 Å². The van der Waals surface area contributed by atoms with Gasteiger partial charge in [-0.25, -0.2) is 4.79 Å². The number of carbonyl (C=O) groups excluding carboxylic acids is 1. The SMILES string of the molecule is COc1cccc(CC(NC(=O)NC2CCC(O)CC2)C2CC2)c1. The van der Waals surface area contributed by atoms with E-state index in [9.17, 15) is 9.90 Å². The van der Waals surface area contributed by atoms with E-state index in [2.05, 4.69) is 16.7 Å². The largest absolute Gasteiger partial charge is 0.497 e. The highest BCUT2D eigenvalue weighted by molar-refractivity contribution is 5.74.